The number of hydrogen-bond donors (Lipinski definition) is 0. The van der Waals surface area contributed by atoms with E-state index in [2.05, 4.69) is 0 Å². The van der Waals surface area contributed by atoms with Gasteiger partial charge in [0.1, 0.15) is 0 Å². The van der Waals surface area contributed by atoms with Crippen molar-refractivity contribution in [3.8, 4) is 5.69 Å². The lowest BCUT2D eigenvalue weighted by Crippen LogP contribution is -2.40. The van der Waals surface area contributed by atoms with Crippen LogP contribution in [0.5, 0.6) is 0 Å². The van der Waals surface area contributed by atoms with E-state index in [-0.39, 0.29) is 12.2 Å². The summed E-state index contributed by atoms with van der Waals surface area (Å²) in [5, 5.41) is 0.569. The minimum atomic E-state index is -1.09. The van der Waals surface area contributed by atoms with Crippen LogP contribution in [0.25, 0.3) is 5.69 Å². The average Bonchev–Trinajstić information content (AvgIpc) is 2.57. The highest BCUT2D eigenvalue weighted by Crippen LogP contribution is 2.12. The predicted molar refractivity (Wildman–Crippen MR) is 86.8 cm³/mol. The molecule has 1 heterocycles. The zero-order valence-electron chi connectivity index (χ0n) is 12.2. The minimum Gasteiger partial charge on any atom is -0.305 e. The van der Waals surface area contributed by atoms with Crippen LogP contribution < -0.4 is 11.1 Å². The van der Waals surface area contributed by atoms with E-state index in [1.54, 1.807) is 24.3 Å². The molecule has 0 radical (unpaired) electrons. The predicted octanol–water partition coefficient (Wildman–Crippen LogP) is 2.98. The minimum absolute atomic E-state index is 0.0784. The average molecular weight is 349 g/mol. The summed E-state index contributed by atoms with van der Waals surface area (Å²) >= 11 is 5.80. The van der Waals surface area contributed by atoms with Crippen molar-refractivity contribution in [2.75, 3.05) is 0 Å². The Labute approximate surface area is 140 Å². The van der Waals surface area contributed by atoms with Crippen LogP contribution in [0.1, 0.15) is 5.56 Å². The summed E-state index contributed by atoms with van der Waals surface area (Å²) < 4.78 is 28.5. The van der Waals surface area contributed by atoms with Gasteiger partial charge in [-0.25, -0.2) is 8.78 Å². The first kappa shape index (κ1) is 16.1. The van der Waals surface area contributed by atoms with Gasteiger partial charge in [-0.1, -0.05) is 23.7 Å². The fourth-order valence-electron chi connectivity index (χ4n) is 2.26. The number of rotatable bonds is 3. The maximum atomic E-state index is 13.3. The lowest BCUT2D eigenvalue weighted by molar-refractivity contribution is 0.507. The second-order valence-corrected chi connectivity index (χ2v) is 5.57. The van der Waals surface area contributed by atoms with Crippen molar-refractivity contribution in [3.63, 3.8) is 0 Å². The summed E-state index contributed by atoms with van der Waals surface area (Å²) in [5.74, 6) is -2.12. The Morgan fingerprint density at radius 1 is 0.875 bits per heavy atom. The topological polar surface area (TPSA) is 44.0 Å². The first-order valence-electron chi connectivity index (χ1n) is 6.97. The lowest BCUT2D eigenvalue weighted by Gasteiger charge is -2.09. The SMILES string of the molecule is O=c1c(=O)n(-c2ccc(F)c(F)c2)ccn1Cc1ccc(Cl)cc1. The molecular weight excluding hydrogens is 338 g/mol. The molecule has 0 aliphatic rings. The fourth-order valence-corrected chi connectivity index (χ4v) is 2.38. The van der Waals surface area contributed by atoms with E-state index >= 15 is 0 Å². The molecule has 0 saturated carbocycles. The Kier molecular flexibility index (Phi) is 4.31. The second kappa shape index (κ2) is 6.41. The summed E-state index contributed by atoms with van der Waals surface area (Å²) in [6.07, 6.45) is 2.76. The van der Waals surface area contributed by atoms with E-state index in [1.165, 1.54) is 23.0 Å². The maximum Gasteiger partial charge on any atom is 0.320 e. The van der Waals surface area contributed by atoms with Gasteiger partial charge in [0.25, 0.3) is 0 Å². The van der Waals surface area contributed by atoms with Crippen LogP contribution >= 0.6 is 11.6 Å². The first-order valence-corrected chi connectivity index (χ1v) is 7.35. The van der Waals surface area contributed by atoms with Crippen LogP contribution in [-0.4, -0.2) is 9.13 Å². The van der Waals surface area contributed by atoms with E-state index in [4.69, 9.17) is 11.6 Å². The van der Waals surface area contributed by atoms with Crippen LogP contribution in [0, 0.1) is 11.6 Å². The highest BCUT2D eigenvalue weighted by Gasteiger charge is 2.09. The van der Waals surface area contributed by atoms with E-state index in [1.807, 2.05) is 0 Å². The molecular formula is C17H11ClF2N2O2. The van der Waals surface area contributed by atoms with E-state index in [9.17, 15) is 18.4 Å². The first-order chi connectivity index (χ1) is 11.5. The van der Waals surface area contributed by atoms with E-state index < -0.39 is 22.8 Å². The fraction of sp³-hybridized carbons (Fsp3) is 0.0588. The van der Waals surface area contributed by atoms with Gasteiger partial charge in [-0.15, -0.1) is 0 Å². The molecule has 24 heavy (non-hydrogen) atoms. The molecule has 7 heteroatoms. The smallest absolute Gasteiger partial charge is 0.305 e. The molecule has 122 valence electrons. The zero-order valence-corrected chi connectivity index (χ0v) is 13.0. The van der Waals surface area contributed by atoms with Gasteiger partial charge >= 0.3 is 11.1 Å². The van der Waals surface area contributed by atoms with Gasteiger partial charge in [-0.05, 0) is 29.8 Å². The van der Waals surface area contributed by atoms with Crippen LogP contribution in [-0.2, 0) is 6.54 Å². The third-order valence-corrected chi connectivity index (χ3v) is 3.76. The third-order valence-electron chi connectivity index (χ3n) is 3.51. The largest absolute Gasteiger partial charge is 0.320 e. The van der Waals surface area contributed by atoms with Crippen molar-refractivity contribution in [2.24, 2.45) is 0 Å². The van der Waals surface area contributed by atoms with Crippen molar-refractivity contribution >= 4 is 11.6 Å². The Balaban J connectivity index is 2.00. The van der Waals surface area contributed by atoms with Crippen molar-refractivity contribution < 1.29 is 8.78 Å². The molecule has 0 atom stereocenters. The Bertz CT molecular complexity index is 1010. The molecule has 0 aliphatic heterocycles. The quantitative estimate of drug-likeness (QED) is 0.683. The summed E-state index contributed by atoms with van der Waals surface area (Å²) in [6, 6.07) is 9.85. The van der Waals surface area contributed by atoms with Gasteiger partial charge in [-0.3, -0.25) is 14.2 Å². The van der Waals surface area contributed by atoms with Crippen LogP contribution in [0.15, 0.2) is 64.4 Å². The van der Waals surface area contributed by atoms with Crippen LogP contribution in [0.3, 0.4) is 0 Å². The van der Waals surface area contributed by atoms with Gasteiger partial charge in [0.15, 0.2) is 11.6 Å². The molecule has 0 bridgehead atoms. The zero-order chi connectivity index (χ0) is 17.3. The summed E-state index contributed by atoms with van der Waals surface area (Å²) in [6.45, 7) is 0.198. The number of nitrogens with zero attached hydrogens (tertiary/aromatic N) is 2. The molecule has 2 aromatic carbocycles. The van der Waals surface area contributed by atoms with Crippen molar-refractivity contribution in [2.45, 2.75) is 6.54 Å². The van der Waals surface area contributed by atoms with Crippen molar-refractivity contribution in [3.05, 3.63) is 97.8 Å². The molecule has 0 N–H and O–H groups in total. The molecule has 0 unspecified atom stereocenters. The van der Waals surface area contributed by atoms with Crippen molar-refractivity contribution in [1.82, 2.24) is 9.13 Å². The molecule has 0 aliphatic carbocycles. The van der Waals surface area contributed by atoms with Gasteiger partial charge in [0, 0.05) is 23.5 Å². The molecule has 1 aromatic heterocycles. The number of halogens is 3. The second-order valence-electron chi connectivity index (χ2n) is 5.13. The standard InChI is InChI=1S/C17H11ClF2N2O2/c18-12-3-1-11(2-4-12)10-21-7-8-22(17(24)16(21)23)13-5-6-14(19)15(20)9-13/h1-9H,10H2. The molecule has 0 saturated heterocycles. The summed E-state index contributed by atoms with van der Waals surface area (Å²) in [4.78, 5) is 24.4. The molecule has 0 fully saturated rings. The highest BCUT2D eigenvalue weighted by molar-refractivity contribution is 6.30. The number of hydrogen-bond acceptors (Lipinski definition) is 2. The normalized spacial score (nSPS) is 10.8. The number of benzene rings is 2. The summed E-state index contributed by atoms with van der Waals surface area (Å²) in [5.41, 5.74) is -0.740. The Morgan fingerprint density at radius 3 is 2.25 bits per heavy atom. The van der Waals surface area contributed by atoms with E-state index in [0.29, 0.717) is 5.02 Å². The maximum absolute atomic E-state index is 13.3. The van der Waals surface area contributed by atoms with Crippen molar-refractivity contribution in [1.29, 1.82) is 0 Å². The summed E-state index contributed by atoms with van der Waals surface area (Å²) in [7, 11) is 0. The Hall–Kier alpha value is -2.73. The van der Waals surface area contributed by atoms with Gasteiger partial charge in [-0.2, -0.15) is 0 Å². The number of aromatic nitrogens is 2. The molecule has 3 aromatic rings. The molecule has 0 spiro atoms. The monoisotopic (exact) mass is 348 g/mol. The third kappa shape index (κ3) is 3.14. The van der Waals surface area contributed by atoms with Gasteiger partial charge < -0.3 is 4.57 Å². The van der Waals surface area contributed by atoms with Gasteiger partial charge in [0.2, 0.25) is 0 Å². The van der Waals surface area contributed by atoms with Crippen LogP contribution in [0.4, 0.5) is 8.78 Å². The lowest BCUT2D eigenvalue weighted by atomic mass is 10.2. The highest BCUT2D eigenvalue weighted by atomic mass is 35.5. The molecule has 0 amide bonds. The van der Waals surface area contributed by atoms with E-state index in [0.717, 1.165) is 22.3 Å². The van der Waals surface area contributed by atoms with Crippen LogP contribution in [0.2, 0.25) is 5.02 Å². The van der Waals surface area contributed by atoms with Gasteiger partial charge in [0.05, 0.1) is 12.2 Å². The Morgan fingerprint density at radius 2 is 1.58 bits per heavy atom. The molecule has 3 rings (SSSR count). The molecule has 4 nitrogen and oxygen atoms in total.